The second-order valence-corrected chi connectivity index (χ2v) is 3.75. The van der Waals surface area contributed by atoms with E-state index in [4.69, 9.17) is 14.2 Å². The zero-order valence-corrected chi connectivity index (χ0v) is 10.1. The van der Waals surface area contributed by atoms with Crippen LogP contribution in [0.1, 0.15) is 11.8 Å². The molecule has 0 saturated heterocycles. The minimum absolute atomic E-state index is 0.124. The molecule has 1 atom stereocenters. The largest absolute Gasteiger partial charge is 0.496 e. The van der Waals surface area contributed by atoms with E-state index in [0.29, 0.717) is 6.61 Å². The van der Waals surface area contributed by atoms with Gasteiger partial charge in [-0.2, -0.15) is 0 Å². The van der Waals surface area contributed by atoms with E-state index in [0.717, 1.165) is 17.9 Å². The first-order chi connectivity index (χ1) is 8.36. The Morgan fingerprint density at radius 1 is 1.29 bits per heavy atom. The molecule has 1 aliphatic rings. The van der Waals surface area contributed by atoms with Crippen LogP contribution in [-0.4, -0.2) is 32.3 Å². The molecule has 92 valence electrons. The van der Waals surface area contributed by atoms with Crippen molar-refractivity contribution < 1.29 is 14.2 Å². The molecule has 4 nitrogen and oxygen atoms in total. The molecular formula is C13H17NO3. The van der Waals surface area contributed by atoms with Crippen molar-refractivity contribution in [1.29, 1.82) is 0 Å². The first kappa shape index (κ1) is 11.8. The topological polar surface area (TPSA) is 30.9 Å². The fourth-order valence-electron chi connectivity index (χ4n) is 1.85. The van der Waals surface area contributed by atoms with Gasteiger partial charge in [-0.05, 0) is 12.1 Å². The van der Waals surface area contributed by atoms with Gasteiger partial charge in [-0.25, -0.2) is 0 Å². The Hall–Kier alpha value is -1.68. The SMILES string of the molecule is COCCN1C=COC1c1ccccc1OC. The predicted molar refractivity (Wildman–Crippen MR) is 64.5 cm³/mol. The molecule has 1 heterocycles. The molecule has 2 rings (SSSR count). The molecule has 0 aliphatic carbocycles. The molecule has 4 heteroatoms. The molecule has 0 radical (unpaired) electrons. The Morgan fingerprint density at radius 2 is 2.12 bits per heavy atom. The van der Waals surface area contributed by atoms with Gasteiger partial charge in [0.25, 0.3) is 0 Å². The second-order valence-electron chi connectivity index (χ2n) is 3.75. The van der Waals surface area contributed by atoms with Gasteiger partial charge >= 0.3 is 0 Å². The van der Waals surface area contributed by atoms with Gasteiger partial charge in [0.05, 0.1) is 19.3 Å². The summed E-state index contributed by atoms with van der Waals surface area (Å²) in [5, 5.41) is 0. The minimum Gasteiger partial charge on any atom is -0.496 e. The van der Waals surface area contributed by atoms with Crippen LogP contribution in [0.25, 0.3) is 0 Å². The van der Waals surface area contributed by atoms with Crippen LogP contribution in [0.2, 0.25) is 0 Å². The monoisotopic (exact) mass is 235 g/mol. The van der Waals surface area contributed by atoms with Crippen LogP contribution < -0.4 is 4.74 Å². The Morgan fingerprint density at radius 3 is 2.88 bits per heavy atom. The first-order valence-corrected chi connectivity index (χ1v) is 5.56. The molecule has 0 fully saturated rings. The lowest BCUT2D eigenvalue weighted by Gasteiger charge is -2.25. The Balaban J connectivity index is 2.15. The van der Waals surface area contributed by atoms with Crippen molar-refractivity contribution in [2.45, 2.75) is 6.23 Å². The van der Waals surface area contributed by atoms with Crippen molar-refractivity contribution in [3.05, 3.63) is 42.3 Å². The fourth-order valence-corrected chi connectivity index (χ4v) is 1.85. The molecule has 0 aromatic heterocycles. The van der Waals surface area contributed by atoms with E-state index in [-0.39, 0.29) is 6.23 Å². The van der Waals surface area contributed by atoms with E-state index >= 15 is 0 Å². The van der Waals surface area contributed by atoms with Crippen molar-refractivity contribution in [2.24, 2.45) is 0 Å². The van der Waals surface area contributed by atoms with Gasteiger partial charge in [-0.3, -0.25) is 0 Å². The molecule has 0 spiro atoms. The molecule has 1 unspecified atom stereocenters. The quantitative estimate of drug-likeness (QED) is 0.782. The number of ether oxygens (including phenoxy) is 3. The number of nitrogens with zero attached hydrogens (tertiary/aromatic N) is 1. The van der Waals surface area contributed by atoms with Crippen molar-refractivity contribution in [3.8, 4) is 5.75 Å². The average Bonchev–Trinajstić information content (AvgIpc) is 2.84. The van der Waals surface area contributed by atoms with Gasteiger partial charge in [-0.15, -0.1) is 0 Å². The summed E-state index contributed by atoms with van der Waals surface area (Å²) in [5.41, 5.74) is 1.02. The normalized spacial score (nSPS) is 18.2. The van der Waals surface area contributed by atoms with Gasteiger partial charge in [0.1, 0.15) is 12.0 Å². The number of benzene rings is 1. The summed E-state index contributed by atoms with van der Waals surface area (Å²) >= 11 is 0. The maximum absolute atomic E-state index is 5.60. The van der Waals surface area contributed by atoms with E-state index in [1.165, 1.54) is 0 Å². The highest BCUT2D eigenvalue weighted by atomic mass is 16.5. The van der Waals surface area contributed by atoms with Gasteiger partial charge in [0.2, 0.25) is 6.23 Å². The molecule has 0 saturated carbocycles. The van der Waals surface area contributed by atoms with Crippen LogP contribution in [0.15, 0.2) is 36.7 Å². The fraction of sp³-hybridized carbons (Fsp3) is 0.385. The van der Waals surface area contributed by atoms with Crippen LogP contribution in [0, 0.1) is 0 Å². The molecule has 1 aliphatic heterocycles. The Kier molecular flexibility index (Phi) is 3.88. The summed E-state index contributed by atoms with van der Waals surface area (Å²) < 4.78 is 16.0. The molecular weight excluding hydrogens is 218 g/mol. The van der Waals surface area contributed by atoms with Crippen molar-refractivity contribution in [3.63, 3.8) is 0 Å². The highest BCUT2D eigenvalue weighted by Gasteiger charge is 2.25. The lowest BCUT2D eigenvalue weighted by Crippen LogP contribution is -2.24. The van der Waals surface area contributed by atoms with Crippen LogP contribution in [0.3, 0.4) is 0 Å². The predicted octanol–water partition coefficient (Wildman–Crippen LogP) is 2.14. The standard InChI is InChI=1S/C13H17NO3/c1-15-9-7-14-8-10-17-13(14)11-5-3-4-6-12(11)16-2/h3-6,8,10,13H,7,9H2,1-2H3. The van der Waals surface area contributed by atoms with Gasteiger partial charge in [-0.1, -0.05) is 12.1 Å². The zero-order chi connectivity index (χ0) is 12.1. The molecule has 0 N–H and O–H groups in total. The zero-order valence-electron chi connectivity index (χ0n) is 10.1. The summed E-state index contributed by atoms with van der Waals surface area (Å²) in [4.78, 5) is 2.08. The Labute approximate surface area is 101 Å². The molecule has 1 aromatic rings. The molecule has 1 aromatic carbocycles. The maximum atomic E-state index is 5.60. The maximum Gasteiger partial charge on any atom is 0.201 e. The Bertz CT molecular complexity index is 392. The van der Waals surface area contributed by atoms with Crippen LogP contribution in [0.5, 0.6) is 5.75 Å². The van der Waals surface area contributed by atoms with Gasteiger partial charge < -0.3 is 19.1 Å². The molecule has 0 bridgehead atoms. The number of rotatable bonds is 5. The highest BCUT2D eigenvalue weighted by molar-refractivity contribution is 5.35. The summed E-state index contributed by atoms with van der Waals surface area (Å²) in [6.45, 7) is 1.45. The van der Waals surface area contributed by atoms with Gasteiger partial charge in [0.15, 0.2) is 0 Å². The summed E-state index contributed by atoms with van der Waals surface area (Å²) in [7, 11) is 3.36. The van der Waals surface area contributed by atoms with Crippen molar-refractivity contribution in [2.75, 3.05) is 27.4 Å². The van der Waals surface area contributed by atoms with E-state index < -0.39 is 0 Å². The average molecular weight is 235 g/mol. The minimum atomic E-state index is -0.124. The van der Waals surface area contributed by atoms with Crippen molar-refractivity contribution in [1.82, 2.24) is 4.90 Å². The first-order valence-electron chi connectivity index (χ1n) is 5.56. The summed E-state index contributed by atoms with van der Waals surface area (Å²) in [5.74, 6) is 0.837. The van der Waals surface area contributed by atoms with Gasteiger partial charge in [0, 0.05) is 19.9 Å². The van der Waals surface area contributed by atoms with Crippen LogP contribution in [0.4, 0.5) is 0 Å². The molecule has 17 heavy (non-hydrogen) atoms. The number of para-hydroxylation sites is 1. The summed E-state index contributed by atoms with van der Waals surface area (Å²) in [6.07, 6.45) is 3.50. The number of methoxy groups -OCH3 is 2. The third kappa shape index (κ3) is 2.53. The van der Waals surface area contributed by atoms with E-state index in [2.05, 4.69) is 4.90 Å². The lowest BCUT2D eigenvalue weighted by molar-refractivity contribution is 0.0390. The lowest BCUT2D eigenvalue weighted by atomic mass is 10.1. The third-order valence-electron chi connectivity index (χ3n) is 2.72. The van der Waals surface area contributed by atoms with Crippen molar-refractivity contribution >= 4 is 0 Å². The molecule has 0 amide bonds. The second kappa shape index (κ2) is 5.59. The number of hydrogen-bond donors (Lipinski definition) is 0. The third-order valence-corrected chi connectivity index (χ3v) is 2.72. The van der Waals surface area contributed by atoms with Crippen LogP contribution >= 0.6 is 0 Å². The highest BCUT2D eigenvalue weighted by Crippen LogP contribution is 2.33. The van der Waals surface area contributed by atoms with E-state index in [9.17, 15) is 0 Å². The smallest absolute Gasteiger partial charge is 0.201 e. The summed E-state index contributed by atoms with van der Waals surface area (Å²) in [6, 6.07) is 7.88. The van der Waals surface area contributed by atoms with E-state index in [1.807, 2.05) is 30.5 Å². The van der Waals surface area contributed by atoms with Crippen LogP contribution in [-0.2, 0) is 9.47 Å². The van der Waals surface area contributed by atoms with E-state index in [1.54, 1.807) is 20.5 Å². The number of hydrogen-bond acceptors (Lipinski definition) is 4.